The average molecular weight is 243 g/mol. The summed E-state index contributed by atoms with van der Waals surface area (Å²) < 4.78 is 0. The molecule has 17 heavy (non-hydrogen) atoms. The number of amides is 1. The lowest BCUT2D eigenvalue weighted by atomic mass is 9.92. The predicted octanol–water partition coefficient (Wildman–Crippen LogP) is 0.764. The maximum atomic E-state index is 11.9. The maximum absolute atomic E-state index is 11.9. The molecule has 2 unspecified atom stereocenters. The first-order valence-electron chi connectivity index (χ1n) is 6.07. The van der Waals surface area contributed by atoms with E-state index in [0.29, 0.717) is 0 Å². The number of aliphatic carboxylic acids is 1. The zero-order chi connectivity index (χ0) is 13.1. The van der Waals surface area contributed by atoms with Crippen LogP contribution in [0.5, 0.6) is 0 Å². The van der Waals surface area contributed by atoms with Gasteiger partial charge in [-0.3, -0.25) is 9.59 Å². The third-order valence-corrected chi connectivity index (χ3v) is 3.80. The van der Waals surface area contributed by atoms with E-state index >= 15 is 0 Å². The van der Waals surface area contributed by atoms with Gasteiger partial charge in [-0.15, -0.1) is 0 Å². The van der Waals surface area contributed by atoms with E-state index in [0.717, 1.165) is 25.7 Å². The van der Waals surface area contributed by atoms with E-state index in [2.05, 4.69) is 5.32 Å². The molecule has 1 amide bonds. The van der Waals surface area contributed by atoms with Crippen LogP contribution in [0.15, 0.2) is 0 Å². The van der Waals surface area contributed by atoms with E-state index in [1.165, 1.54) is 6.92 Å². The van der Waals surface area contributed by atoms with E-state index in [1.54, 1.807) is 6.92 Å². The number of carboxylic acid groups (broad SMARTS) is 1. The lowest BCUT2D eigenvalue weighted by molar-refractivity contribution is -0.146. The Morgan fingerprint density at radius 2 is 1.76 bits per heavy atom. The van der Waals surface area contributed by atoms with E-state index in [9.17, 15) is 14.7 Å². The molecular weight excluding hydrogens is 222 g/mol. The van der Waals surface area contributed by atoms with Crippen molar-refractivity contribution in [3.05, 3.63) is 0 Å². The molecule has 0 aromatic rings. The number of aliphatic hydroxyl groups is 1. The Hall–Kier alpha value is -1.10. The molecule has 1 fully saturated rings. The molecule has 5 heteroatoms. The Kier molecular flexibility index (Phi) is 4.51. The molecule has 1 aliphatic rings. The van der Waals surface area contributed by atoms with Crippen molar-refractivity contribution in [3.8, 4) is 0 Å². The molecule has 2 atom stereocenters. The molecule has 3 N–H and O–H groups in total. The van der Waals surface area contributed by atoms with Gasteiger partial charge in [0.2, 0.25) is 5.91 Å². The van der Waals surface area contributed by atoms with Crippen molar-refractivity contribution in [3.63, 3.8) is 0 Å². The van der Waals surface area contributed by atoms with Crippen molar-refractivity contribution in [1.29, 1.82) is 0 Å². The molecule has 0 aromatic heterocycles. The summed E-state index contributed by atoms with van der Waals surface area (Å²) >= 11 is 0. The highest BCUT2D eigenvalue weighted by molar-refractivity contribution is 5.84. The summed E-state index contributed by atoms with van der Waals surface area (Å²) in [5.41, 5.74) is -0.524. The van der Waals surface area contributed by atoms with Gasteiger partial charge >= 0.3 is 5.97 Å². The zero-order valence-electron chi connectivity index (χ0n) is 10.4. The van der Waals surface area contributed by atoms with Gasteiger partial charge in [0.1, 0.15) is 0 Å². The number of carboxylic acids is 1. The highest BCUT2D eigenvalue weighted by Gasteiger charge is 2.37. The van der Waals surface area contributed by atoms with Crippen LogP contribution in [0.2, 0.25) is 0 Å². The molecule has 0 radical (unpaired) electrons. The summed E-state index contributed by atoms with van der Waals surface area (Å²) in [7, 11) is 0. The van der Waals surface area contributed by atoms with E-state index in [4.69, 9.17) is 5.11 Å². The lowest BCUT2D eigenvalue weighted by Crippen LogP contribution is -2.52. The summed E-state index contributed by atoms with van der Waals surface area (Å²) in [6.07, 6.45) is 3.51. The van der Waals surface area contributed by atoms with Crippen molar-refractivity contribution in [2.75, 3.05) is 6.61 Å². The molecule has 5 nitrogen and oxygen atoms in total. The first-order valence-corrected chi connectivity index (χ1v) is 6.07. The van der Waals surface area contributed by atoms with Crippen molar-refractivity contribution in [1.82, 2.24) is 5.32 Å². The number of hydrogen-bond acceptors (Lipinski definition) is 3. The Labute approximate surface area is 101 Å². The minimum absolute atomic E-state index is 0.0765. The van der Waals surface area contributed by atoms with Crippen LogP contribution in [-0.4, -0.2) is 34.2 Å². The Balaban J connectivity index is 2.61. The first kappa shape index (κ1) is 14.0. The molecule has 0 spiro atoms. The van der Waals surface area contributed by atoms with Crippen molar-refractivity contribution in [2.45, 2.75) is 45.1 Å². The van der Waals surface area contributed by atoms with Gasteiger partial charge in [0, 0.05) is 5.92 Å². The van der Waals surface area contributed by atoms with Gasteiger partial charge in [-0.25, -0.2) is 0 Å². The maximum Gasteiger partial charge on any atom is 0.307 e. The molecule has 1 rings (SSSR count). The highest BCUT2D eigenvalue weighted by Crippen LogP contribution is 2.29. The molecular formula is C12H21NO4. The van der Waals surface area contributed by atoms with Crippen molar-refractivity contribution in [2.24, 2.45) is 11.8 Å². The van der Waals surface area contributed by atoms with E-state index in [1.807, 2.05) is 0 Å². The van der Waals surface area contributed by atoms with Crippen LogP contribution in [0.3, 0.4) is 0 Å². The van der Waals surface area contributed by atoms with E-state index in [-0.39, 0.29) is 12.5 Å². The number of nitrogens with one attached hydrogen (secondary N) is 1. The SMILES string of the molecule is CC(C(=O)O)C(C)C(=O)NC1(CO)CCCC1. The Morgan fingerprint density at radius 1 is 1.24 bits per heavy atom. The van der Waals surface area contributed by atoms with Gasteiger partial charge in [-0.05, 0) is 12.8 Å². The van der Waals surface area contributed by atoms with Crippen LogP contribution in [0.25, 0.3) is 0 Å². The topological polar surface area (TPSA) is 86.6 Å². The summed E-state index contributed by atoms with van der Waals surface area (Å²) in [5.74, 6) is -2.56. The standard InChI is InChI=1S/C12H21NO4/c1-8(9(2)11(16)17)10(15)13-12(7-14)5-3-4-6-12/h8-9,14H,3-7H2,1-2H3,(H,13,15)(H,16,17). The van der Waals surface area contributed by atoms with Crippen LogP contribution in [-0.2, 0) is 9.59 Å². The third kappa shape index (κ3) is 3.19. The minimum atomic E-state index is -0.975. The van der Waals surface area contributed by atoms with Gasteiger partial charge in [-0.2, -0.15) is 0 Å². The number of carbonyl (C=O) groups excluding carboxylic acids is 1. The van der Waals surface area contributed by atoms with Gasteiger partial charge in [0.15, 0.2) is 0 Å². The van der Waals surface area contributed by atoms with Gasteiger partial charge < -0.3 is 15.5 Å². The van der Waals surface area contributed by atoms with Gasteiger partial charge in [-0.1, -0.05) is 26.7 Å². The largest absolute Gasteiger partial charge is 0.481 e. The van der Waals surface area contributed by atoms with Crippen LogP contribution < -0.4 is 5.32 Å². The fraction of sp³-hybridized carbons (Fsp3) is 0.833. The summed E-state index contributed by atoms with van der Waals surface area (Å²) in [5, 5.41) is 21.0. The molecule has 1 saturated carbocycles. The molecule has 0 bridgehead atoms. The summed E-state index contributed by atoms with van der Waals surface area (Å²) in [4.78, 5) is 22.7. The van der Waals surface area contributed by atoms with Crippen molar-refractivity contribution < 1.29 is 19.8 Å². The number of aliphatic hydroxyl groups excluding tert-OH is 1. The Bertz CT molecular complexity index is 297. The monoisotopic (exact) mass is 243 g/mol. The van der Waals surface area contributed by atoms with E-state index < -0.39 is 23.3 Å². The number of hydrogen-bond donors (Lipinski definition) is 3. The predicted molar refractivity (Wildman–Crippen MR) is 62.4 cm³/mol. The van der Waals surface area contributed by atoms with Crippen LogP contribution in [0.4, 0.5) is 0 Å². The average Bonchev–Trinajstić information content (AvgIpc) is 2.76. The lowest BCUT2D eigenvalue weighted by Gasteiger charge is -2.30. The second-order valence-corrected chi connectivity index (χ2v) is 5.05. The zero-order valence-corrected chi connectivity index (χ0v) is 10.4. The summed E-state index contributed by atoms with van der Waals surface area (Å²) in [6.45, 7) is 3.05. The molecule has 98 valence electrons. The Morgan fingerprint density at radius 3 is 2.18 bits per heavy atom. The van der Waals surface area contributed by atoms with Crippen LogP contribution in [0.1, 0.15) is 39.5 Å². The molecule has 0 heterocycles. The fourth-order valence-electron chi connectivity index (χ4n) is 2.19. The minimum Gasteiger partial charge on any atom is -0.481 e. The fourth-order valence-corrected chi connectivity index (χ4v) is 2.19. The number of carbonyl (C=O) groups is 2. The molecule has 1 aliphatic carbocycles. The molecule has 0 aliphatic heterocycles. The van der Waals surface area contributed by atoms with Crippen molar-refractivity contribution >= 4 is 11.9 Å². The highest BCUT2D eigenvalue weighted by atomic mass is 16.4. The smallest absolute Gasteiger partial charge is 0.307 e. The van der Waals surface area contributed by atoms with Crippen LogP contribution >= 0.6 is 0 Å². The first-order chi connectivity index (χ1) is 7.92. The molecule has 0 aromatic carbocycles. The summed E-state index contributed by atoms with van der Waals surface area (Å²) in [6, 6.07) is 0. The molecule has 0 saturated heterocycles. The van der Waals surface area contributed by atoms with Gasteiger partial charge in [0.25, 0.3) is 0 Å². The second kappa shape index (κ2) is 5.49. The van der Waals surface area contributed by atoms with Crippen LogP contribution in [0, 0.1) is 11.8 Å². The second-order valence-electron chi connectivity index (χ2n) is 5.05. The van der Waals surface area contributed by atoms with Gasteiger partial charge in [0.05, 0.1) is 18.1 Å². The number of rotatable bonds is 5. The third-order valence-electron chi connectivity index (χ3n) is 3.80. The normalized spacial score (nSPS) is 21.8. The quantitative estimate of drug-likeness (QED) is 0.665.